The molecule has 1 aromatic carbocycles. The van der Waals surface area contributed by atoms with Crippen LogP contribution in [0.4, 0.5) is 8.78 Å². The first kappa shape index (κ1) is 11.6. The number of carboxylic acid groups (broad SMARTS) is 1. The Hall–Kier alpha value is -1.49. The van der Waals surface area contributed by atoms with E-state index in [0.717, 1.165) is 6.07 Å². The van der Waals surface area contributed by atoms with E-state index >= 15 is 0 Å². The molecule has 0 aromatic heterocycles. The molecular formula is C10H11F2NO2. The Morgan fingerprint density at radius 2 is 2.00 bits per heavy atom. The highest BCUT2D eigenvalue weighted by Crippen LogP contribution is 2.16. The Morgan fingerprint density at radius 3 is 2.53 bits per heavy atom. The summed E-state index contributed by atoms with van der Waals surface area (Å²) in [5, 5.41) is 8.62. The standard InChI is InChI=1S/C10H11F2NO2/c11-8-5-9(12)7(10(14)15)4-6(8)2-1-3-13/h4-5H,1-3,13H2,(H,14,15). The van der Waals surface area contributed by atoms with E-state index in [9.17, 15) is 13.6 Å². The smallest absolute Gasteiger partial charge is 0.338 e. The van der Waals surface area contributed by atoms with E-state index in [1.165, 1.54) is 0 Å². The lowest BCUT2D eigenvalue weighted by Crippen LogP contribution is -2.06. The lowest BCUT2D eigenvalue weighted by molar-refractivity contribution is 0.0691. The second kappa shape index (κ2) is 4.84. The van der Waals surface area contributed by atoms with Crippen LogP contribution >= 0.6 is 0 Å². The van der Waals surface area contributed by atoms with Gasteiger partial charge in [-0.05, 0) is 31.0 Å². The van der Waals surface area contributed by atoms with Crippen molar-refractivity contribution in [3.8, 4) is 0 Å². The van der Waals surface area contributed by atoms with Crippen molar-refractivity contribution in [1.29, 1.82) is 0 Å². The Balaban J connectivity index is 3.06. The molecule has 3 nitrogen and oxygen atoms in total. The van der Waals surface area contributed by atoms with Crippen LogP contribution in [0.3, 0.4) is 0 Å². The first-order chi connectivity index (χ1) is 7.06. The Kier molecular flexibility index (Phi) is 3.74. The minimum Gasteiger partial charge on any atom is -0.478 e. The van der Waals surface area contributed by atoms with Crippen molar-refractivity contribution in [2.75, 3.05) is 6.54 Å². The number of aromatic carboxylic acids is 1. The van der Waals surface area contributed by atoms with Gasteiger partial charge < -0.3 is 10.8 Å². The van der Waals surface area contributed by atoms with Crippen molar-refractivity contribution >= 4 is 5.97 Å². The van der Waals surface area contributed by atoms with Crippen LogP contribution in [0.2, 0.25) is 0 Å². The van der Waals surface area contributed by atoms with Crippen LogP contribution in [0.15, 0.2) is 12.1 Å². The number of hydrogen-bond donors (Lipinski definition) is 2. The fourth-order valence-corrected chi connectivity index (χ4v) is 1.24. The van der Waals surface area contributed by atoms with Crippen molar-refractivity contribution in [3.05, 3.63) is 34.9 Å². The molecule has 0 saturated carbocycles. The Bertz CT molecular complexity index is 380. The topological polar surface area (TPSA) is 63.3 Å². The Labute approximate surface area is 85.5 Å². The van der Waals surface area contributed by atoms with Crippen molar-refractivity contribution in [3.63, 3.8) is 0 Å². The number of hydrogen-bond acceptors (Lipinski definition) is 2. The molecular weight excluding hydrogens is 204 g/mol. The minimum absolute atomic E-state index is 0.180. The van der Waals surface area contributed by atoms with Crippen LogP contribution in [0.25, 0.3) is 0 Å². The Morgan fingerprint density at radius 1 is 1.33 bits per heavy atom. The zero-order chi connectivity index (χ0) is 11.4. The first-order valence-electron chi connectivity index (χ1n) is 4.47. The number of carbonyl (C=O) groups is 1. The predicted molar refractivity (Wildman–Crippen MR) is 50.7 cm³/mol. The van der Waals surface area contributed by atoms with Crippen molar-refractivity contribution in [2.45, 2.75) is 12.8 Å². The van der Waals surface area contributed by atoms with Crippen LogP contribution in [0.1, 0.15) is 22.3 Å². The predicted octanol–water partition coefficient (Wildman–Crippen LogP) is 1.55. The number of halogens is 2. The highest BCUT2D eigenvalue weighted by Gasteiger charge is 2.14. The van der Waals surface area contributed by atoms with Gasteiger partial charge in [0.15, 0.2) is 0 Å². The molecule has 82 valence electrons. The van der Waals surface area contributed by atoms with Gasteiger partial charge in [0.1, 0.15) is 11.6 Å². The number of nitrogens with two attached hydrogens (primary N) is 1. The van der Waals surface area contributed by atoms with E-state index in [1.54, 1.807) is 0 Å². The van der Waals surface area contributed by atoms with Crippen LogP contribution in [0.5, 0.6) is 0 Å². The molecule has 0 bridgehead atoms. The number of benzene rings is 1. The third-order valence-electron chi connectivity index (χ3n) is 2.02. The molecule has 0 heterocycles. The molecule has 0 fully saturated rings. The van der Waals surface area contributed by atoms with Crippen LogP contribution in [-0.2, 0) is 6.42 Å². The quantitative estimate of drug-likeness (QED) is 0.801. The SMILES string of the molecule is NCCCc1cc(C(=O)O)c(F)cc1F. The van der Waals surface area contributed by atoms with Crippen molar-refractivity contribution in [1.82, 2.24) is 0 Å². The first-order valence-corrected chi connectivity index (χ1v) is 4.47. The summed E-state index contributed by atoms with van der Waals surface area (Å²) in [6.45, 7) is 0.374. The molecule has 0 spiro atoms. The van der Waals surface area contributed by atoms with E-state index in [-0.39, 0.29) is 5.56 Å². The average molecular weight is 215 g/mol. The van der Waals surface area contributed by atoms with Gasteiger partial charge in [-0.25, -0.2) is 13.6 Å². The fourth-order valence-electron chi connectivity index (χ4n) is 1.24. The van der Waals surface area contributed by atoms with E-state index in [1.807, 2.05) is 0 Å². The van der Waals surface area contributed by atoms with Gasteiger partial charge in [-0.3, -0.25) is 0 Å². The molecule has 0 aliphatic rings. The van der Waals surface area contributed by atoms with Crippen LogP contribution in [0, 0.1) is 11.6 Å². The molecule has 0 aliphatic heterocycles. The average Bonchev–Trinajstić information content (AvgIpc) is 2.16. The molecule has 0 radical (unpaired) electrons. The van der Waals surface area contributed by atoms with E-state index in [4.69, 9.17) is 10.8 Å². The number of rotatable bonds is 4. The summed E-state index contributed by atoms with van der Waals surface area (Å²) in [6, 6.07) is 1.61. The van der Waals surface area contributed by atoms with Crippen LogP contribution < -0.4 is 5.73 Å². The zero-order valence-electron chi connectivity index (χ0n) is 7.96. The second-order valence-corrected chi connectivity index (χ2v) is 3.12. The number of carboxylic acids is 1. The molecule has 15 heavy (non-hydrogen) atoms. The van der Waals surface area contributed by atoms with Crippen molar-refractivity contribution < 1.29 is 18.7 Å². The summed E-state index contributed by atoms with van der Waals surface area (Å²) in [4.78, 5) is 10.6. The third-order valence-corrected chi connectivity index (χ3v) is 2.02. The molecule has 0 aliphatic carbocycles. The molecule has 3 N–H and O–H groups in total. The van der Waals surface area contributed by atoms with Gasteiger partial charge in [-0.2, -0.15) is 0 Å². The maximum atomic E-state index is 13.1. The largest absolute Gasteiger partial charge is 0.478 e. The molecule has 0 saturated heterocycles. The summed E-state index contributed by atoms with van der Waals surface area (Å²) in [5.74, 6) is -3.19. The summed E-state index contributed by atoms with van der Waals surface area (Å²) in [5.41, 5.74) is 4.91. The maximum Gasteiger partial charge on any atom is 0.338 e. The molecule has 0 unspecified atom stereocenters. The van der Waals surface area contributed by atoms with Gasteiger partial charge in [-0.1, -0.05) is 0 Å². The van der Waals surface area contributed by atoms with E-state index in [2.05, 4.69) is 0 Å². The minimum atomic E-state index is -1.40. The summed E-state index contributed by atoms with van der Waals surface area (Å²) in [7, 11) is 0. The lowest BCUT2D eigenvalue weighted by Gasteiger charge is -2.04. The summed E-state index contributed by atoms with van der Waals surface area (Å²) < 4.78 is 26.1. The second-order valence-electron chi connectivity index (χ2n) is 3.12. The lowest BCUT2D eigenvalue weighted by atomic mass is 10.1. The number of aryl methyl sites for hydroxylation is 1. The molecule has 0 atom stereocenters. The van der Waals surface area contributed by atoms with Gasteiger partial charge >= 0.3 is 5.97 Å². The van der Waals surface area contributed by atoms with Crippen molar-refractivity contribution in [2.24, 2.45) is 5.73 Å². The summed E-state index contributed by atoms with van der Waals surface area (Å²) >= 11 is 0. The molecule has 1 rings (SSSR count). The monoisotopic (exact) mass is 215 g/mol. The highest BCUT2D eigenvalue weighted by atomic mass is 19.1. The highest BCUT2D eigenvalue weighted by molar-refractivity contribution is 5.88. The van der Waals surface area contributed by atoms with Crippen LogP contribution in [-0.4, -0.2) is 17.6 Å². The van der Waals surface area contributed by atoms with Gasteiger partial charge in [-0.15, -0.1) is 0 Å². The molecule has 1 aromatic rings. The molecule has 5 heteroatoms. The fraction of sp³-hybridized carbons (Fsp3) is 0.300. The van der Waals surface area contributed by atoms with Gasteiger partial charge in [0.05, 0.1) is 5.56 Å². The third kappa shape index (κ3) is 2.73. The summed E-state index contributed by atoms with van der Waals surface area (Å²) in [6.07, 6.45) is 0.838. The van der Waals surface area contributed by atoms with Gasteiger partial charge in [0.2, 0.25) is 0 Å². The van der Waals surface area contributed by atoms with Gasteiger partial charge in [0, 0.05) is 6.07 Å². The zero-order valence-corrected chi connectivity index (χ0v) is 7.96. The molecule has 0 amide bonds. The maximum absolute atomic E-state index is 13.1. The van der Waals surface area contributed by atoms with E-state index in [0.29, 0.717) is 25.5 Å². The van der Waals surface area contributed by atoms with E-state index < -0.39 is 23.2 Å². The normalized spacial score (nSPS) is 10.3. The van der Waals surface area contributed by atoms with Gasteiger partial charge in [0.25, 0.3) is 0 Å².